The van der Waals surface area contributed by atoms with E-state index in [1.54, 1.807) is 11.1 Å². The molecule has 0 radical (unpaired) electrons. The van der Waals surface area contributed by atoms with Gasteiger partial charge in [0.2, 0.25) is 5.91 Å². The van der Waals surface area contributed by atoms with E-state index in [-0.39, 0.29) is 18.2 Å². The van der Waals surface area contributed by atoms with Crippen LogP contribution < -0.4 is 0 Å². The number of ketones is 1. The van der Waals surface area contributed by atoms with E-state index in [2.05, 4.69) is 18.8 Å². The highest BCUT2D eigenvalue weighted by Gasteiger charge is 2.46. The topological polar surface area (TPSA) is 64.4 Å². The number of piperidine rings is 1. The Hall–Kier alpha value is -1.69. The standard InChI is InChI=1S/C17H25N3O3/c1-13(2)16-18-7-10-19(16)8-4-15(22)20-9-6-17(14(21)12-20)5-3-11-23-17/h7,10,13H,3-6,8-9,11-12H2,1-2H3/t17-/m0/s1. The molecule has 0 unspecified atom stereocenters. The first-order chi connectivity index (χ1) is 11.0. The van der Waals surface area contributed by atoms with Crippen LogP contribution >= 0.6 is 0 Å². The van der Waals surface area contributed by atoms with Gasteiger partial charge in [-0.05, 0) is 12.8 Å². The van der Waals surface area contributed by atoms with Crippen LogP contribution in [0.4, 0.5) is 0 Å². The largest absolute Gasteiger partial charge is 0.367 e. The normalized spacial score (nSPS) is 24.8. The number of carbonyl (C=O) groups is 2. The van der Waals surface area contributed by atoms with Gasteiger partial charge in [-0.15, -0.1) is 0 Å². The summed E-state index contributed by atoms with van der Waals surface area (Å²) in [6.45, 7) is 6.26. The Labute approximate surface area is 136 Å². The molecule has 0 saturated carbocycles. The number of nitrogens with zero attached hydrogens (tertiary/aromatic N) is 3. The average Bonchev–Trinajstić information content (AvgIpc) is 3.17. The van der Waals surface area contributed by atoms with Crippen molar-refractivity contribution >= 4 is 11.7 Å². The summed E-state index contributed by atoms with van der Waals surface area (Å²) in [4.78, 5) is 30.8. The van der Waals surface area contributed by atoms with E-state index in [4.69, 9.17) is 4.74 Å². The first kappa shape index (κ1) is 16.2. The van der Waals surface area contributed by atoms with Gasteiger partial charge < -0.3 is 14.2 Å². The number of rotatable bonds is 4. The van der Waals surface area contributed by atoms with E-state index in [0.29, 0.717) is 38.5 Å². The lowest BCUT2D eigenvalue weighted by atomic mass is 9.87. The minimum atomic E-state index is -0.591. The smallest absolute Gasteiger partial charge is 0.224 e. The van der Waals surface area contributed by atoms with E-state index in [1.807, 2.05) is 10.8 Å². The van der Waals surface area contributed by atoms with Gasteiger partial charge in [-0.3, -0.25) is 9.59 Å². The molecular weight excluding hydrogens is 294 g/mol. The summed E-state index contributed by atoms with van der Waals surface area (Å²) in [6.07, 6.45) is 6.47. The summed E-state index contributed by atoms with van der Waals surface area (Å²) in [6, 6.07) is 0. The molecule has 3 heterocycles. The Morgan fingerprint density at radius 1 is 1.43 bits per heavy atom. The predicted octanol–water partition coefficient (Wildman–Crippen LogP) is 1.75. The van der Waals surface area contributed by atoms with Crippen LogP contribution in [0.25, 0.3) is 0 Å². The lowest BCUT2D eigenvalue weighted by Crippen LogP contribution is -2.53. The molecule has 1 atom stereocenters. The maximum Gasteiger partial charge on any atom is 0.224 e. The number of hydrogen-bond donors (Lipinski definition) is 0. The van der Waals surface area contributed by atoms with Crippen molar-refractivity contribution in [3.05, 3.63) is 18.2 Å². The predicted molar refractivity (Wildman–Crippen MR) is 85.1 cm³/mol. The van der Waals surface area contributed by atoms with Gasteiger partial charge in [0.1, 0.15) is 11.4 Å². The number of aromatic nitrogens is 2. The van der Waals surface area contributed by atoms with E-state index >= 15 is 0 Å². The molecule has 1 amide bonds. The summed E-state index contributed by atoms with van der Waals surface area (Å²) in [5.41, 5.74) is -0.591. The molecule has 2 fully saturated rings. The second kappa shape index (κ2) is 6.43. The molecule has 1 spiro atoms. The molecule has 0 aliphatic carbocycles. The zero-order valence-corrected chi connectivity index (χ0v) is 14.0. The number of amides is 1. The third-order valence-electron chi connectivity index (χ3n) is 4.91. The van der Waals surface area contributed by atoms with Crippen LogP contribution in [0.2, 0.25) is 0 Å². The minimum Gasteiger partial charge on any atom is -0.367 e. The Balaban J connectivity index is 1.55. The number of imidazole rings is 1. The fourth-order valence-electron chi connectivity index (χ4n) is 3.56. The maximum atomic E-state index is 12.4. The van der Waals surface area contributed by atoms with Gasteiger partial charge in [-0.25, -0.2) is 4.98 Å². The molecule has 6 heteroatoms. The molecule has 6 nitrogen and oxygen atoms in total. The van der Waals surface area contributed by atoms with Crippen molar-refractivity contribution in [2.75, 3.05) is 19.7 Å². The van der Waals surface area contributed by atoms with E-state index in [9.17, 15) is 9.59 Å². The van der Waals surface area contributed by atoms with Gasteiger partial charge >= 0.3 is 0 Å². The number of carbonyl (C=O) groups excluding carboxylic acids is 2. The molecule has 2 aliphatic rings. The van der Waals surface area contributed by atoms with Crippen molar-refractivity contribution < 1.29 is 14.3 Å². The molecule has 3 rings (SSSR count). The first-order valence-electron chi connectivity index (χ1n) is 8.48. The number of Topliss-reactive ketones (excluding diaryl/α,β-unsaturated/α-hetero) is 1. The van der Waals surface area contributed by atoms with Crippen molar-refractivity contribution in [3.63, 3.8) is 0 Å². The SMILES string of the molecule is CC(C)c1nccn1CCC(=O)N1CC[C@@]2(CCCO2)C(=O)C1. The molecule has 23 heavy (non-hydrogen) atoms. The molecule has 0 bridgehead atoms. The fourth-order valence-corrected chi connectivity index (χ4v) is 3.56. The van der Waals surface area contributed by atoms with Crippen molar-refractivity contribution in [1.82, 2.24) is 14.5 Å². The van der Waals surface area contributed by atoms with E-state index in [1.165, 1.54) is 0 Å². The highest BCUT2D eigenvalue weighted by Crippen LogP contribution is 2.33. The van der Waals surface area contributed by atoms with Crippen LogP contribution in [-0.4, -0.2) is 51.4 Å². The van der Waals surface area contributed by atoms with Crippen LogP contribution in [0.3, 0.4) is 0 Å². The first-order valence-corrected chi connectivity index (χ1v) is 8.48. The van der Waals surface area contributed by atoms with Gasteiger partial charge in [-0.2, -0.15) is 0 Å². The Bertz CT molecular complexity index is 588. The van der Waals surface area contributed by atoms with Crippen molar-refractivity contribution in [1.29, 1.82) is 0 Å². The molecule has 0 N–H and O–H groups in total. The molecule has 0 aromatic carbocycles. The molecule has 1 aromatic rings. The number of likely N-dealkylation sites (tertiary alicyclic amines) is 1. The summed E-state index contributed by atoms with van der Waals surface area (Å²) < 4.78 is 7.71. The Morgan fingerprint density at radius 2 is 2.26 bits per heavy atom. The number of hydrogen-bond acceptors (Lipinski definition) is 4. The molecular formula is C17H25N3O3. The summed E-state index contributed by atoms with van der Waals surface area (Å²) in [5, 5.41) is 0. The molecule has 126 valence electrons. The summed E-state index contributed by atoms with van der Waals surface area (Å²) in [7, 11) is 0. The van der Waals surface area contributed by atoms with Gasteiger partial charge in [0.05, 0.1) is 6.54 Å². The van der Waals surface area contributed by atoms with Gasteiger partial charge in [0.25, 0.3) is 0 Å². The van der Waals surface area contributed by atoms with Gasteiger partial charge in [0.15, 0.2) is 5.78 Å². The maximum absolute atomic E-state index is 12.4. The second-order valence-corrected chi connectivity index (χ2v) is 6.82. The summed E-state index contributed by atoms with van der Waals surface area (Å²) >= 11 is 0. The monoisotopic (exact) mass is 319 g/mol. The minimum absolute atomic E-state index is 0.0367. The number of ether oxygens (including phenoxy) is 1. The molecule has 2 saturated heterocycles. The van der Waals surface area contributed by atoms with Crippen LogP contribution in [0, 0.1) is 0 Å². The van der Waals surface area contributed by atoms with Crippen molar-refractivity contribution in [2.24, 2.45) is 0 Å². The average molecular weight is 319 g/mol. The third kappa shape index (κ3) is 3.17. The molecule has 2 aliphatic heterocycles. The highest BCUT2D eigenvalue weighted by atomic mass is 16.5. The zero-order valence-electron chi connectivity index (χ0n) is 14.0. The van der Waals surface area contributed by atoms with Gasteiger partial charge in [0, 0.05) is 50.8 Å². The van der Waals surface area contributed by atoms with Gasteiger partial charge in [-0.1, -0.05) is 13.8 Å². The Morgan fingerprint density at radius 3 is 2.91 bits per heavy atom. The van der Waals surface area contributed by atoms with Crippen LogP contribution in [0.15, 0.2) is 12.4 Å². The van der Waals surface area contributed by atoms with E-state index in [0.717, 1.165) is 18.7 Å². The zero-order chi connectivity index (χ0) is 16.4. The van der Waals surface area contributed by atoms with Crippen LogP contribution in [0.1, 0.15) is 51.3 Å². The highest BCUT2D eigenvalue weighted by molar-refractivity contribution is 5.93. The molecule has 1 aromatic heterocycles. The lowest BCUT2D eigenvalue weighted by molar-refractivity contribution is -0.152. The van der Waals surface area contributed by atoms with Crippen molar-refractivity contribution in [3.8, 4) is 0 Å². The summed E-state index contributed by atoms with van der Waals surface area (Å²) in [5.74, 6) is 1.43. The van der Waals surface area contributed by atoms with Crippen LogP contribution in [0.5, 0.6) is 0 Å². The Kier molecular flexibility index (Phi) is 4.53. The second-order valence-electron chi connectivity index (χ2n) is 6.82. The lowest BCUT2D eigenvalue weighted by Gasteiger charge is -2.37. The third-order valence-corrected chi connectivity index (χ3v) is 4.91. The number of aryl methyl sites for hydroxylation is 1. The van der Waals surface area contributed by atoms with E-state index < -0.39 is 5.60 Å². The van der Waals surface area contributed by atoms with Crippen molar-refractivity contribution in [2.45, 2.75) is 57.6 Å². The quantitative estimate of drug-likeness (QED) is 0.848. The fraction of sp³-hybridized carbons (Fsp3) is 0.706. The van der Waals surface area contributed by atoms with Crippen LogP contribution in [-0.2, 0) is 20.9 Å².